The molecule has 2 aromatic rings. The average molecular weight is 330 g/mol. The lowest BCUT2D eigenvalue weighted by molar-refractivity contribution is -0.00000382. The highest BCUT2D eigenvalue weighted by Gasteiger charge is 2.05. The summed E-state index contributed by atoms with van der Waals surface area (Å²) in [4.78, 5) is 0. The van der Waals surface area contributed by atoms with Gasteiger partial charge >= 0.3 is 0 Å². The fraction of sp³-hybridized carbons (Fsp3) is 0.286. The predicted octanol–water partition coefficient (Wildman–Crippen LogP) is 0.595. The van der Waals surface area contributed by atoms with Gasteiger partial charge < -0.3 is 22.5 Å². The zero-order chi connectivity index (χ0) is 12.1. The van der Waals surface area contributed by atoms with Crippen LogP contribution < -0.4 is 22.5 Å². The molecular formula is C14H16BrClNO-. The number of fused-ring (bicyclic) bond motifs is 1. The number of halogens is 2. The molecule has 0 aliphatic heterocycles. The van der Waals surface area contributed by atoms with Crippen LogP contribution in [-0.4, -0.2) is 20.2 Å². The van der Waals surface area contributed by atoms with Gasteiger partial charge in [-0.15, -0.1) is 0 Å². The summed E-state index contributed by atoms with van der Waals surface area (Å²) in [6, 6.07) is 12.4. The summed E-state index contributed by atoms with van der Waals surface area (Å²) in [7, 11) is 1.95. The Kier molecular flexibility index (Phi) is 6.47. The highest BCUT2D eigenvalue weighted by molar-refractivity contribution is 9.10. The van der Waals surface area contributed by atoms with Crippen LogP contribution >= 0.6 is 15.9 Å². The van der Waals surface area contributed by atoms with Gasteiger partial charge in [-0.05, 0) is 52.8 Å². The van der Waals surface area contributed by atoms with Gasteiger partial charge in [0.1, 0.15) is 5.75 Å². The number of nitrogens with one attached hydrogen (secondary N) is 1. The van der Waals surface area contributed by atoms with Gasteiger partial charge in [-0.25, -0.2) is 0 Å². The molecule has 0 spiro atoms. The number of benzene rings is 2. The maximum Gasteiger partial charge on any atom is 0.134 e. The summed E-state index contributed by atoms with van der Waals surface area (Å²) in [6.45, 7) is 1.71. The van der Waals surface area contributed by atoms with Crippen molar-refractivity contribution in [2.75, 3.05) is 20.2 Å². The smallest absolute Gasteiger partial charge is 0.134 e. The third-order valence-corrected chi connectivity index (χ3v) is 3.47. The second-order valence-electron chi connectivity index (χ2n) is 3.90. The Labute approximate surface area is 122 Å². The van der Waals surface area contributed by atoms with Gasteiger partial charge in [-0.2, -0.15) is 0 Å². The summed E-state index contributed by atoms with van der Waals surface area (Å²) in [5.74, 6) is 0.916. The van der Waals surface area contributed by atoms with E-state index in [0.29, 0.717) is 0 Å². The van der Waals surface area contributed by atoms with E-state index in [1.54, 1.807) is 0 Å². The molecule has 18 heavy (non-hydrogen) atoms. The van der Waals surface area contributed by atoms with Crippen molar-refractivity contribution in [3.8, 4) is 5.75 Å². The van der Waals surface area contributed by atoms with Crippen molar-refractivity contribution in [3.63, 3.8) is 0 Å². The van der Waals surface area contributed by atoms with E-state index in [-0.39, 0.29) is 12.4 Å². The molecule has 0 bridgehead atoms. The normalized spacial score (nSPS) is 10.1. The standard InChI is InChI=1S/C14H16BrNO.ClH/c1-16-9-4-10-17-13-8-7-11-5-2-3-6-12(11)14(13)15;/h2-3,5-8,16H,4,9-10H2,1H3;1H/p-1. The molecule has 2 rings (SSSR count). The molecule has 2 nitrogen and oxygen atoms in total. The van der Waals surface area contributed by atoms with E-state index in [9.17, 15) is 0 Å². The Bertz CT molecular complexity index is 504. The topological polar surface area (TPSA) is 21.3 Å². The van der Waals surface area contributed by atoms with Gasteiger partial charge in [0.2, 0.25) is 0 Å². The lowest BCUT2D eigenvalue weighted by atomic mass is 10.1. The van der Waals surface area contributed by atoms with Crippen molar-refractivity contribution < 1.29 is 17.1 Å². The lowest BCUT2D eigenvalue weighted by Gasteiger charge is -2.10. The van der Waals surface area contributed by atoms with Crippen molar-refractivity contribution in [2.24, 2.45) is 0 Å². The maximum absolute atomic E-state index is 5.76. The summed E-state index contributed by atoms with van der Waals surface area (Å²) in [6.07, 6.45) is 1.01. The minimum absolute atomic E-state index is 0. The Morgan fingerprint density at radius 2 is 1.94 bits per heavy atom. The molecule has 0 saturated carbocycles. The van der Waals surface area contributed by atoms with Gasteiger partial charge in [0.15, 0.2) is 0 Å². The van der Waals surface area contributed by atoms with Crippen molar-refractivity contribution in [1.29, 1.82) is 0 Å². The fourth-order valence-corrected chi connectivity index (χ4v) is 2.36. The molecule has 0 aliphatic carbocycles. The fourth-order valence-electron chi connectivity index (χ4n) is 1.76. The van der Waals surface area contributed by atoms with Gasteiger partial charge in [0.25, 0.3) is 0 Å². The molecule has 4 heteroatoms. The second kappa shape index (κ2) is 7.62. The molecule has 0 saturated heterocycles. The van der Waals surface area contributed by atoms with Crippen LogP contribution in [0.4, 0.5) is 0 Å². The van der Waals surface area contributed by atoms with Crippen LogP contribution in [0.5, 0.6) is 5.75 Å². The number of rotatable bonds is 5. The maximum atomic E-state index is 5.76. The molecule has 98 valence electrons. The van der Waals surface area contributed by atoms with E-state index < -0.39 is 0 Å². The SMILES string of the molecule is CNCCCOc1ccc2ccccc2c1Br.[Cl-]. The second-order valence-corrected chi connectivity index (χ2v) is 4.70. The lowest BCUT2D eigenvalue weighted by Crippen LogP contribution is -3.00. The van der Waals surface area contributed by atoms with E-state index >= 15 is 0 Å². The molecule has 1 N–H and O–H groups in total. The summed E-state index contributed by atoms with van der Waals surface area (Å²) in [5.41, 5.74) is 0. The number of hydrogen-bond acceptors (Lipinski definition) is 2. The van der Waals surface area contributed by atoms with E-state index in [2.05, 4.69) is 39.4 Å². The first kappa shape index (κ1) is 15.3. The first-order valence-corrected chi connectivity index (χ1v) is 6.57. The van der Waals surface area contributed by atoms with Crippen LogP contribution in [0.25, 0.3) is 10.8 Å². The molecular weight excluding hydrogens is 314 g/mol. The third kappa shape index (κ3) is 3.61. The van der Waals surface area contributed by atoms with Crippen LogP contribution in [0.1, 0.15) is 6.42 Å². The molecule has 0 fully saturated rings. The molecule has 0 amide bonds. The number of ether oxygens (including phenoxy) is 1. The number of hydrogen-bond donors (Lipinski definition) is 1. The molecule has 0 aliphatic rings. The van der Waals surface area contributed by atoms with Gasteiger partial charge in [0, 0.05) is 0 Å². The van der Waals surface area contributed by atoms with Gasteiger partial charge in [0.05, 0.1) is 11.1 Å². The molecule has 0 radical (unpaired) electrons. The van der Waals surface area contributed by atoms with Crippen molar-refractivity contribution >= 4 is 26.7 Å². The van der Waals surface area contributed by atoms with E-state index in [0.717, 1.165) is 29.8 Å². The minimum atomic E-state index is 0. The Hall–Kier alpha value is -0.770. The van der Waals surface area contributed by atoms with Crippen molar-refractivity contribution in [1.82, 2.24) is 5.32 Å². The van der Waals surface area contributed by atoms with Crippen LogP contribution in [0.15, 0.2) is 40.9 Å². The van der Waals surface area contributed by atoms with Crippen molar-refractivity contribution in [3.05, 3.63) is 40.9 Å². The highest BCUT2D eigenvalue weighted by Crippen LogP contribution is 2.32. The van der Waals surface area contributed by atoms with E-state index in [4.69, 9.17) is 4.74 Å². The molecule has 0 aromatic heterocycles. The first-order valence-electron chi connectivity index (χ1n) is 5.77. The quantitative estimate of drug-likeness (QED) is 0.811. The Morgan fingerprint density at radius 1 is 1.17 bits per heavy atom. The summed E-state index contributed by atoms with van der Waals surface area (Å²) < 4.78 is 6.80. The first-order chi connectivity index (χ1) is 8.33. The molecule has 2 aromatic carbocycles. The van der Waals surface area contributed by atoms with Crippen LogP contribution in [0.2, 0.25) is 0 Å². The van der Waals surface area contributed by atoms with E-state index in [1.807, 2.05) is 25.2 Å². The van der Waals surface area contributed by atoms with Gasteiger partial charge in [-0.1, -0.05) is 30.3 Å². The average Bonchev–Trinajstić information content (AvgIpc) is 2.37. The van der Waals surface area contributed by atoms with Crippen LogP contribution in [0, 0.1) is 0 Å². The minimum Gasteiger partial charge on any atom is -1.00 e. The molecule has 0 atom stereocenters. The van der Waals surface area contributed by atoms with Gasteiger partial charge in [-0.3, -0.25) is 0 Å². The summed E-state index contributed by atoms with van der Waals surface area (Å²) >= 11 is 3.61. The summed E-state index contributed by atoms with van der Waals surface area (Å²) in [5, 5.41) is 5.52. The molecule has 0 heterocycles. The zero-order valence-corrected chi connectivity index (χ0v) is 12.6. The van der Waals surface area contributed by atoms with Crippen LogP contribution in [0.3, 0.4) is 0 Å². The van der Waals surface area contributed by atoms with E-state index in [1.165, 1.54) is 10.8 Å². The molecule has 0 unspecified atom stereocenters. The highest BCUT2D eigenvalue weighted by atomic mass is 79.9. The Morgan fingerprint density at radius 3 is 2.72 bits per heavy atom. The van der Waals surface area contributed by atoms with Crippen LogP contribution in [-0.2, 0) is 0 Å². The Balaban J connectivity index is 0.00000162. The monoisotopic (exact) mass is 328 g/mol. The largest absolute Gasteiger partial charge is 1.00 e. The third-order valence-electron chi connectivity index (χ3n) is 2.66. The van der Waals surface area contributed by atoms with Crippen molar-refractivity contribution in [2.45, 2.75) is 6.42 Å². The zero-order valence-electron chi connectivity index (χ0n) is 10.2. The predicted molar refractivity (Wildman–Crippen MR) is 75.7 cm³/mol.